The van der Waals surface area contributed by atoms with Crippen LogP contribution in [0.2, 0.25) is 0 Å². The maximum atomic E-state index is 12.7. The zero-order valence-corrected chi connectivity index (χ0v) is 13.6. The van der Waals surface area contributed by atoms with Gasteiger partial charge in [-0.3, -0.25) is 9.59 Å². The minimum atomic E-state index is -0.357. The minimum Gasteiger partial charge on any atom is -0.355 e. The van der Waals surface area contributed by atoms with Crippen LogP contribution in [0, 0.1) is 5.82 Å². The van der Waals surface area contributed by atoms with Crippen LogP contribution in [0.3, 0.4) is 0 Å². The van der Waals surface area contributed by atoms with Crippen LogP contribution < -0.4 is 16.4 Å². The molecule has 0 aliphatic carbocycles. The lowest BCUT2D eigenvalue weighted by Gasteiger charge is -2.13. The van der Waals surface area contributed by atoms with E-state index in [2.05, 4.69) is 10.6 Å². The van der Waals surface area contributed by atoms with Crippen molar-refractivity contribution >= 4 is 29.3 Å². The maximum absolute atomic E-state index is 12.7. The van der Waals surface area contributed by atoms with Crippen molar-refractivity contribution in [2.45, 2.75) is 31.6 Å². The van der Waals surface area contributed by atoms with Gasteiger partial charge >= 0.3 is 0 Å². The van der Waals surface area contributed by atoms with Gasteiger partial charge in [-0.2, -0.15) is 0 Å². The number of anilines is 1. The summed E-state index contributed by atoms with van der Waals surface area (Å²) in [5.74, 6) is -0.546. The molecule has 7 heteroatoms. The van der Waals surface area contributed by atoms with Crippen LogP contribution in [-0.2, 0) is 9.59 Å². The highest BCUT2D eigenvalue weighted by molar-refractivity contribution is 8.01. The second-order valence-electron chi connectivity index (χ2n) is 5.07. The predicted octanol–water partition coefficient (Wildman–Crippen LogP) is 1.74. The second kappa shape index (κ2) is 9.42. The molecule has 0 heterocycles. The summed E-state index contributed by atoms with van der Waals surface area (Å²) in [5, 5.41) is 5.10. The molecule has 0 radical (unpaired) electrons. The highest BCUT2D eigenvalue weighted by atomic mass is 32.2. The molecule has 1 rings (SSSR count). The molecule has 2 unspecified atom stereocenters. The predicted molar refractivity (Wildman–Crippen MR) is 88.2 cm³/mol. The number of nitrogens with two attached hydrogens (primary N) is 1. The molecule has 122 valence electrons. The summed E-state index contributed by atoms with van der Waals surface area (Å²) < 4.78 is 12.7. The van der Waals surface area contributed by atoms with Gasteiger partial charge in [0.25, 0.3) is 0 Å². The van der Waals surface area contributed by atoms with Gasteiger partial charge in [0, 0.05) is 18.3 Å². The Morgan fingerprint density at radius 3 is 2.50 bits per heavy atom. The molecule has 0 aliphatic heterocycles. The number of carbonyl (C=O) groups excluding carboxylic acids is 2. The summed E-state index contributed by atoms with van der Waals surface area (Å²) in [7, 11) is 0. The van der Waals surface area contributed by atoms with Crippen molar-refractivity contribution in [3.63, 3.8) is 0 Å². The quantitative estimate of drug-likeness (QED) is 0.679. The first-order valence-electron chi connectivity index (χ1n) is 7.09. The molecular formula is C15H22FN3O2S. The fraction of sp³-hybridized carbons (Fsp3) is 0.467. The lowest BCUT2D eigenvalue weighted by atomic mass is 10.2. The van der Waals surface area contributed by atoms with E-state index in [0.29, 0.717) is 18.7 Å². The molecule has 4 N–H and O–H groups in total. The Kier molecular flexibility index (Phi) is 7.90. The van der Waals surface area contributed by atoms with Gasteiger partial charge in [0.2, 0.25) is 11.8 Å². The van der Waals surface area contributed by atoms with Gasteiger partial charge in [0.1, 0.15) is 5.82 Å². The van der Waals surface area contributed by atoms with E-state index in [0.717, 1.165) is 0 Å². The van der Waals surface area contributed by atoms with Crippen LogP contribution in [0.4, 0.5) is 10.1 Å². The van der Waals surface area contributed by atoms with E-state index in [9.17, 15) is 14.0 Å². The summed E-state index contributed by atoms with van der Waals surface area (Å²) in [5.41, 5.74) is 6.13. The van der Waals surface area contributed by atoms with Gasteiger partial charge in [-0.05, 0) is 44.5 Å². The number of benzene rings is 1. The van der Waals surface area contributed by atoms with E-state index in [4.69, 9.17) is 5.73 Å². The SMILES string of the molecule is CC(N)CCNC(=O)C(C)SCC(=O)Nc1ccc(F)cc1. The van der Waals surface area contributed by atoms with Crippen molar-refractivity contribution in [3.8, 4) is 0 Å². The number of thioether (sulfide) groups is 1. The second-order valence-corrected chi connectivity index (χ2v) is 6.39. The largest absolute Gasteiger partial charge is 0.355 e. The zero-order chi connectivity index (χ0) is 16.5. The topological polar surface area (TPSA) is 84.2 Å². The Hall–Kier alpha value is -1.60. The van der Waals surface area contributed by atoms with Gasteiger partial charge in [0.05, 0.1) is 11.0 Å². The molecule has 0 aromatic heterocycles. The Bertz CT molecular complexity index is 494. The van der Waals surface area contributed by atoms with E-state index in [1.54, 1.807) is 6.92 Å². The van der Waals surface area contributed by atoms with Crippen molar-refractivity contribution < 1.29 is 14.0 Å². The molecule has 0 aliphatic rings. The highest BCUT2D eigenvalue weighted by Crippen LogP contribution is 2.13. The van der Waals surface area contributed by atoms with Crippen LogP contribution in [0.1, 0.15) is 20.3 Å². The van der Waals surface area contributed by atoms with Crippen LogP contribution in [-0.4, -0.2) is 35.4 Å². The fourth-order valence-corrected chi connectivity index (χ4v) is 2.28. The van der Waals surface area contributed by atoms with Crippen molar-refractivity contribution in [3.05, 3.63) is 30.1 Å². The first kappa shape index (κ1) is 18.4. The van der Waals surface area contributed by atoms with Crippen LogP contribution in [0.5, 0.6) is 0 Å². The first-order chi connectivity index (χ1) is 10.4. The van der Waals surface area contributed by atoms with E-state index in [1.165, 1.54) is 36.0 Å². The van der Waals surface area contributed by atoms with Crippen LogP contribution in [0.15, 0.2) is 24.3 Å². The molecule has 0 saturated carbocycles. The number of hydrogen-bond acceptors (Lipinski definition) is 4. The van der Waals surface area contributed by atoms with Crippen molar-refractivity contribution in [2.24, 2.45) is 5.73 Å². The van der Waals surface area contributed by atoms with Gasteiger partial charge in [-0.25, -0.2) is 4.39 Å². The number of halogens is 1. The van der Waals surface area contributed by atoms with Crippen molar-refractivity contribution in [1.82, 2.24) is 5.32 Å². The molecular weight excluding hydrogens is 305 g/mol. The number of rotatable bonds is 8. The maximum Gasteiger partial charge on any atom is 0.234 e. The van der Waals surface area contributed by atoms with Crippen molar-refractivity contribution in [1.29, 1.82) is 0 Å². The molecule has 2 amide bonds. The normalized spacial score (nSPS) is 13.3. The smallest absolute Gasteiger partial charge is 0.234 e. The number of amides is 2. The average Bonchev–Trinajstić information content (AvgIpc) is 2.46. The standard InChI is InChI=1S/C15H22FN3O2S/c1-10(17)7-8-18-15(21)11(2)22-9-14(20)19-13-5-3-12(16)4-6-13/h3-6,10-11H,7-9,17H2,1-2H3,(H,18,21)(H,19,20). The summed E-state index contributed by atoms with van der Waals surface area (Å²) in [6, 6.07) is 5.57. The van der Waals surface area contributed by atoms with Gasteiger partial charge in [-0.1, -0.05) is 0 Å². The van der Waals surface area contributed by atoms with Gasteiger partial charge in [0.15, 0.2) is 0 Å². The Morgan fingerprint density at radius 2 is 1.91 bits per heavy atom. The lowest BCUT2D eigenvalue weighted by molar-refractivity contribution is -0.120. The molecule has 1 aromatic carbocycles. The molecule has 0 saturated heterocycles. The lowest BCUT2D eigenvalue weighted by Crippen LogP contribution is -2.34. The van der Waals surface area contributed by atoms with Crippen LogP contribution >= 0.6 is 11.8 Å². The van der Waals surface area contributed by atoms with Gasteiger partial charge < -0.3 is 16.4 Å². The van der Waals surface area contributed by atoms with Gasteiger partial charge in [-0.15, -0.1) is 11.8 Å². The number of hydrogen-bond donors (Lipinski definition) is 3. The Balaban J connectivity index is 2.27. The zero-order valence-electron chi connectivity index (χ0n) is 12.8. The third-order valence-electron chi connectivity index (χ3n) is 2.86. The molecule has 2 atom stereocenters. The van der Waals surface area contributed by atoms with E-state index in [1.807, 2.05) is 6.92 Å². The van der Waals surface area contributed by atoms with Crippen LogP contribution in [0.25, 0.3) is 0 Å². The average molecular weight is 327 g/mol. The van der Waals surface area contributed by atoms with Crippen molar-refractivity contribution in [2.75, 3.05) is 17.6 Å². The Labute approximate surface area is 134 Å². The molecule has 5 nitrogen and oxygen atoms in total. The third-order valence-corrected chi connectivity index (χ3v) is 4.00. The Morgan fingerprint density at radius 1 is 1.27 bits per heavy atom. The van der Waals surface area contributed by atoms with E-state index < -0.39 is 0 Å². The van der Waals surface area contributed by atoms with E-state index in [-0.39, 0.29) is 34.7 Å². The summed E-state index contributed by atoms with van der Waals surface area (Å²) in [4.78, 5) is 23.5. The number of carbonyl (C=O) groups is 2. The molecule has 1 aromatic rings. The summed E-state index contributed by atoms with van der Waals surface area (Å²) in [6.07, 6.45) is 0.716. The monoisotopic (exact) mass is 327 g/mol. The molecule has 0 fully saturated rings. The first-order valence-corrected chi connectivity index (χ1v) is 8.13. The highest BCUT2D eigenvalue weighted by Gasteiger charge is 2.15. The third kappa shape index (κ3) is 7.42. The van der Waals surface area contributed by atoms with E-state index >= 15 is 0 Å². The number of nitrogens with one attached hydrogen (secondary N) is 2. The summed E-state index contributed by atoms with van der Waals surface area (Å²) in [6.45, 7) is 4.16. The summed E-state index contributed by atoms with van der Waals surface area (Å²) >= 11 is 1.24. The molecule has 0 spiro atoms. The minimum absolute atomic E-state index is 0.0461. The molecule has 22 heavy (non-hydrogen) atoms. The fourth-order valence-electron chi connectivity index (χ4n) is 1.57. The molecule has 0 bridgehead atoms.